The van der Waals surface area contributed by atoms with Crippen molar-refractivity contribution in [3.8, 4) is 11.3 Å². The van der Waals surface area contributed by atoms with E-state index in [4.69, 9.17) is 34.8 Å². The highest BCUT2D eigenvalue weighted by atomic mass is 35.5. The predicted molar refractivity (Wildman–Crippen MR) is 133 cm³/mol. The first kappa shape index (κ1) is 25.2. The Morgan fingerprint density at radius 3 is 2.19 bits per heavy atom. The van der Waals surface area contributed by atoms with Gasteiger partial charge >= 0.3 is 0 Å². The summed E-state index contributed by atoms with van der Waals surface area (Å²) in [6.07, 6.45) is 3.08. The Morgan fingerprint density at radius 1 is 0.969 bits per heavy atom. The van der Waals surface area contributed by atoms with Crippen LogP contribution < -0.4 is 0 Å². The number of unbranched alkanes of at least 4 members (excludes halogenated alkanes) is 2. The van der Waals surface area contributed by atoms with E-state index in [0.717, 1.165) is 38.8 Å². The van der Waals surface area contributed by atoms with Crippen molar-refractivity contribution in [3.05, 3.63) is 62.8 Å². The molecule has 1 aromatic heterocycles. The van der Waals surface area contributed by atoms with Gasteiger partial charge < -0.3 is 10.0 Å². The summed E-state index contributed by atoms with van der Waals surface area (Å²) in [5.74, 6) is -0.573. The summed E-state index contributed by atoms with van der Waals surface area (Å²) in [6.45, 7) is 6.29. The highest BCUT2D eigenvalue weighted by Gasteiger charge is 2.25. The van der Waals surface area contributed by atoms with Crippen molar-refractivity contribution in [2.75, 3.05) is 19.6 Å². The lowest BCUT2D eigenvalue weighted by Crippen LogP contribution is -2.31. The zero-order valence-electron chi connectivity index (χ0n) is 18.3. The number of aromatic nitrogens is 1. The van der Waals surface area contributed by atoms with E-state index in [2.05, 4.69) is 23.7 Å². The number of aliphatic hydroxyl groups is 1. The van der Waals surface area contributed by atoms with Crippen molar-refractivity contribution in [1.82, 2.24) is 9.88 Å². The van der Waals surface area contributed by atoms with E-state index in [1.165, 1.54) is 0 Å². The van der Waals surface area contributed by atoms with Gasteiger partial charge in [-0.05, 0) is 50.2 Å². The van der Waals surface area contributed by atoms with E-state index in [1.807, 2.05) is 0 Å². The molecule has 3 rings (SSSR count). The SMILES string of the molecule is CCCCN(CCCC)CC(O)c1c(F)c(-c2ccc(Cl)cc2)nc2c(Cl)cc(Cl)cc12. The minimum absolute atomic E-state index is 0.126. The zero-order valence-corrected chi connectivity index (χ0v) is 20.6. The Hall–Kier alpha value is -1.43. The summed E-state index contributed by atoms with van der Waals surface area (Å²) < 4.78 is 15.9. The Labute approximate surface area is 204 Å². The largest absolute Gasteiger partial charge is 0.387 e. The van der Waals surface area contributed by atoms with Crippen molar-refractivity contribution in [3.63, 3.8) is 0 Å². The molecule has 0 aliphatic rings. The highest BCUT2D eigenvalue weighted by molar-refractivity contribution is 6.38. The summed E-state index contributed by atoms with van der Waals surface area (Å²) in [6, 6.07) is 9.96. The third kappa shape index (κ3) is 5.92. The van der Waals surface area contributed by atoms with Gasteiger partial charge in [-0.15, -0.1) is 0 Å². The first-order chi connectivity index (χ1) is 15.3. The maximum atomic E-state index is 15.9. The van der Waals surface area contributed by atoms with Crippen LogP contribution in [0.5, 0.6) is 0 Å². The Balaban J connectivity index is 2.12. The van der Waals surface area contributed by atoms with E-state index in [0.29, 0.717) is 38.1 Å². The summed E-state index contributed by atoms with van der Waals surface area (Å²) >= 11 is 18.7. The minimum Gasteiger partial charge on any atom is -0.387 e. The molecule has 172 valence electrons. The number of hydrogen-bond donors (Lipinski definition) is 1. The van der Waals surface area contributed by atoms with Gasteiger partial charge in [0, 0.05) is 33.1 Å². The van der Waals surface area contributed by atoms with Gasteiger partial charge in [0.05, 0.1) is 16.6 Å². The van der Waals surface area contributed by atoms with Gasteiger partial charge in [-0.3, -0.25) is 0 Å². The van der Waals surface area contributed by atoms with Gasteiger partial charge in [-0.2, -0.15) is 0 Å². The molecule has 0 saturated heterocycles. The van der Waals surface area contributed by atoms with Crippen molar-refractivity contribution >= 4 is 45.7 Å². The van der Waals surface area contributed by atoms with Crippen molar-refractivity contribution in [1.29, 1.82) is 0 Å². The van der Waals surface area contributed by atoms with E-state index in [1.54, 1.807) is 36.4 Å². The molecular formula is C25H28Cl3FN2O. The predicted octanol–water partition coefficient (Wildman–Crippen LogP) is 7.94. The van der Waals surface area contributed by atoms with E-state index >= 15 is 4.39 Å². The second kappa shape index (κ2) is 11.6. The highest BCUT2D eigenvalue weighted by Crippen LogP contribution is 2.37. The van der Waals surface area contributed by atoms with Gasteiger partial charge in [0.15, 0.2) is 5.82 Å². The van der Waals surface area contributed by atoms with E-state index in [9.17, 15) is 5.11 Å². The van der Waals surface area contributed by atoms with Crippen LogP contribution in [0.15, 0.2) is 36.4 Å². The standard InChI is InChI=1S/C25H28Cl3FN2O/c1-3-5-11-31(12-6-4-2)15-21(32)22-19-13-18(27)14-20(28)25(19)30-24(23(22)29)16-7-9-17(26)10-8-16/h7-10,13-14,21,32H,3-6,11-12,15H2,1-2H3. The molecule has 0 bridgehead atoms. The molecule has 1 unspecified atom stereocenters. The second-order valence-corrected chi connectivity index (χ2v) is 9.28. The molecule has 3 nitrogen and oxygen atoms in total. The maximum Gasteiger partial charge on any atom is 0.155 e. The molecule has 0 radical (unpaired) electrons. The molecule has 32 heavy (non-hydrogen) atoms. The van der Waals surface area contributed by atoms with Crippen LogP contribution in [0.1, 0.15) is 51.2 Å². The van der Waals surface area contributed by atoms with Crippen LogP contribution in [0.4, 0.5) is 4.39 Å². The number of aliphatic hydroxyl groups excluding tert-OH is 1. The topological polar surface area (TPSA) is 36.4 Å². The average Bonchev–Trinajstić information content (AvgIpc) is 2.75. The lowest BCUT2D eigenvalue weighted by molar-refractivity contribution is 0.109. The first-order valence-electron chi connectivity index (χ1n) is 11.0. The molecule has 0 aliphatic carbocycles. The molecule has 1 N–H and O–H groups in total. The molecule has 1 atom stereocenters. The normalized spacial score (nSPS) is 12.6. The molecule has 0 fully saturated rings. The number of fused-ring (bicyclic) bond motifs is 1. The molecule has 0 aliphatic heterocycles. The lowest BCUT2D eigenvalue weighted by Gasteiger charge is -2.26. The molecule has 1 heterocycles. The lowest BCUT2D eigenvalue weighted by atomic mass is 9.98. The van der Waals surface area contributed by atoms with Crippen LogP contribution >= 0.6 is 34.8 Å². The van der Waals surface area contributed by atoms with Gasteiger partial charge in [0.25, 0.3) is 0 Å². The van der Waals surface area contributed by atoms with Gasteiger partial charge in [-0.1, -0.05) is 73.6 Å². The third-order valence-corrected chi connectivity index (χ3v) is 6.28. The van der Waals surface area contributed by atoms with Crippen molar-refractivity contribution < 1.29 is 9.50 Å². The van der Waals surface area contributed by atoms with Crippen molar-refractivity contribution in [2.24, 2.45) is 0 Å². The number of nitrogens with zero attached hydrogens (tertiary/aromatic N) is 2. The van der Waals surface area contributed by atoms with Gasteiger partial charge in [0.1, 0.15) is 5.69 Å². The molecule has 0 saturated carbocycles. The second-order valence-electron chi connectivity index (χ2n) is 8.00. The smallest absolute Gasteiger partial charge is 0.155 e. The van der Waals surface area contributed by atoms with Crippen LogP contribution in [0, 0.1) is 5.82 Å². The van der Waals surface area contributed by atoms with E-state index < -0.39 is 11.9 Å². The molecule has 7 heteroatoms. The van der Waals surface area contributed by atoms with Crippen LogP contribution in [-0.2, 0) is 0 Å². The zero-order chi connectivity index (χ0) is 23.3. The Morgan fingerprint density at radius 2 is 1.59 bits per heavy atom. The third-order valence-electron chi connectivity index (χ3n) is 5.52. The van der Waals surface area contributed by atoms with E-state index in [-0.39, 0.29) is 11.3 Å². The minimum atomic E-state index is -1.06. The molecular weight excluding hydrogens is 470 g/mol. The quantitative estimate of drug-likeness (QED) is 0.309. The average molecular weight is 498 g/mol. The van der Waals surface area contributed by atoms with Crippen molar-refractivity contribution in [2.45, 2.75) is 45.6 Å². The number of hydrogen-bond acceptors (Lipinski definition) is 3. The molecule has 0 spiro atoms. The molecule has 3 aromatic rings. The summed E-state index contributed by atoms with van der Waals surface area (Å²) in [5, 5.41) is 12.9. The first-order valence-corrected chi connectivity index (χ1v) is 12.1. The Kier molecular flexibility index (Phi) is 9.15. The fraction of sp³-hybridized carbons (Fsp3) is 0.400. The number of benzene rings is 2. The van der Waals surface area contributed by atoms with Gasteiger partial charge in [0.2, 0.25) is 0 Å². The summed E-state index contributed by atoms with van der Waals surface area (Å²) in [5.41, 5.74) is 1.26. The Bertz CT molecular complexity index is 1050. The fourth-order valence-electron chi connectivity index (χ4n) is 3.81. The summed E-state index contributed by atoms with van der Waals surface area (Å²) in [4.78, 5) is 6.70. The number of pyridine rings is 1. The van der Waals surface area contributed by atoms with Crippen LogP contribution in [0.2, 0.25) is 15.1 Å². The monoisotopic (exact) mass is 496 g/mol. The molecule has 2 aromatic carbocycles. The van der Waals surface area contributed by atoms with Gasteiger partial charge in [-0.25, -0.2) is 9.37 Å². The van der Waals surface area contributed by atoms with Crippen LogP contribution in [-0.4, -0.2) is 34.6 Å². The number of halogens is 4. The maximum absolute atomic E-state index is 15.9. The number of rotatable bonds is 10. The summed E-state index contributed by atoms with van der Waals surface area (Å²) in [7, 11) is 0. The fourth-order valence-corrected chi connectivity index (χ4v) is 4.47. The molecule has 0 amide bonds. The van der Waals surface area contributed by atoms with Crippen LogP contribution in [0.25, 0.3) is 22.2 Å². The van der Waals surface area contributed by atoms with Crippen LogP contribution in [0.3, 0.4) is 0 Å².